The number of hydrogen-bond acceptors (Lipinski definition) is 3. The van der Waals surface area contributed by atoms with Crippen LogP contribution in [0.3, 0.4) is 0 Å². The van der Waals surface area contributed by atoms with E-state index in [-0.39, 0.29) is 28.3 Å². The van der Waals surface area contributed by atoms with E-state index >= 15 is 0 Å². The van der Waals surface area contributed by atoms with E-state index in [1.54, 1.807) is 0 Å². The summed E-state index contributed by atoms with van der Waals surface area (Å²) in [7, 11) is 0. The van der Waals surface area contributed by atoms with Crippen LogP contribution in [-0.4, -0.2) is 23.8 Å². The van der Waals surface area contributed by atoms with Crippen LogP contribution in [0.1, 0.15) is 203 Å². The third kappa shape index (κ3) is 7.38. The SMILES string of the molecule is C=C1CC[C@]2(CO)CC[C@]3(C)[C@@H](CC[C@@H]4[C@@]5(C)CC[C@H](OC(=O)CCCCCCCCCCCCCCC)C(C)(C)[C@@H]5CC[C@]43C)[C@@H]2[C@H]1C. The lowest BCUT2D eigenvalue weighted by molar-refractivity contribution is -0.257. The summed E-state index contributed by atoms with van der Waals surface area (Å²) < 4.78 is 6.41. The first-order valence-corrected chi connectivity index (χ1v) is 21.8. The summed E-state index contributed by atoms with van der Waals surface area (Å²) in [5.74, 6) is 3.12. The number of unbranched alkanes of at least 4 members (excludes halogenated alkanes) is 12. The molecule has 10 atom stereocenters. The summed E-state index contributed by atoms with van der Waals surface area (Å²) in [6.07, 6.45) is 30.0. The Balaban J connectivity index is 1.12. The quantitative estimate of drug-likeness (QED) is 0.100. The highest BCUT2D eigenvalue weighted by atomic mass is 16.5. The summed E-state index contributed by atoms with van der Waals surface area (Å²) in [4.78, 5) is 13.2. The van der Waals surface area contributed by atoms with E-state index in [9.17, 15) is 9.90 Å². The van der Waals surface area contributed by atoms with Gasteiger partial charge in [-0.1, -0.05) is 138 Å². The minimum absolute atomic E-state index is 0.00593. The lowest BCUT2D eigenvalue weighted by atomic mass is 9.31. The molecule has 0 radical (unpaired) electrons. The fourth-order valence-electron chi connectivity index (χ4n) is 14.1. The number of carbonyl (C=O) groups is 1. The van der Waals surface area contributed by atoms with Gasteiger partial charge < -0.3 is 9.84 Å². The molecule has 5 aliphatic rings. The van der Waals surface area contributed by atoms with Crippen LogP contribution in [0.15, 0.2) is 12.2 Å². The molecule has 0 aromatic carbocycles. The predicted octanol–water partition coefficient (Wildman–Crippen LogP) is 13.0. The Morgan fingerprint density at radius 3 is 1.96 bits per heavy atom. The van der Waals surface area contributed by atoms with Crippen LogP contribution >= 0.6 is 0 Å². The van der Waals surface area contributed by atoms with Crippen molar-refractivity contribution < 1.29 is 14.6 Å². The Morgan fingerprint density at radius 1 is 0.735 bits per heavy atom. The lowest BCUT2D eigenvalue weighted by Crippen LogP contribution is -2.67. The molecule has 0 aliphatic heterocycles. The van der Waals surface area contributed by atoms with Gasteiger partial charge in [-0.2, -0.15) is 0 Å². The number of ether oxygens (including phenoxy) is 1. The first kappa shape index (κ1) is 39.4. The number of hydrogen-bond donors (Lipinski definition) is 1. The third-order valence-electron chi connectivity index (χ3n) is 17.4. The zero-order valence-electron chi connectivity index (χ0n) is 33.6. The average molecular weight is 681 g/mol. The van der Waals surface area contributed by atoms with Gasteiger partial charge >= 0.3 is 5.97 Å². The fourth-order valence-corrected chi connectivity index (χ4v) is 14.1. The number of carbonyl (C=O) groups excluding carboxylic acids is 1. The number of aliphatic hydroxyl groups excluding tert-OH is 1. The second kappa shape index (κ2) is 16.0. The molecular formula is C46H80O3. The summed E-state index contributed by atoms with van der Waals surface area (Å²) in [6, 6.07) is 0. The van der Waals surface area contributed by atoms with Crippen LogP contribution in [0.4, 0.5) is 0 Å². The number of allylic oxidation sites excluding steroid dienone is 1. The normalized spacial score (nSPS) is 41.3. The molecule has 5 rings (SSSR count). The largest absolute Gasteiger partial charge is 0.462 e. The number of fused-ring (bicyclic) bond motifs is 7. The molecule has 0 bridgehead atoms. The van der Waals surface area contributed by atoms with Gasteiger partial charge in [0.05, 0.1) is 0 Å². The Kier molecular flexibility index (Phi) is 12.9. The molecule has 5 saturated carbocycles. The van der Waals surface area contributed by atoms with Crippen LogP contribution in [-0.2, 0) is 9.53 Å². The van der Waals surface area contributed by atoms with Gasteiger partial charge in [0.15, 0.2) is 0 Å². The molecule has 0 saturated heterocycles. The summed E-state index contributed by atoms with van der Waals surface area (Å²) >= 11 is 0. The van der Waals surface area contributed by atoms with Crippen LogP contribution in [0.5, 0.6) is 0 Å². The van der Waals surface area contributed by atoms with Crippen molar-refractivity contribution in [3.8, 4) is 0 Å². The second-order valence-electron chi connectivity index (χ2n) is 20.0. The maximum atomic E-state index is 13.2. The Morgan fingerprint density at radius 2 is 1.35 bits per heavy atom. The van der Waals surface area contributed by atoms with Crippen molar-refractivity contribution in [2.45, 2.75) is 209 Å². The third-order valence-corrected chi connectivity index (χ3v) is 17.4. The molecule has 0 unspecified atom stereocenters. The minimum Gasteiger partial charge on any atom is -0.462 e. The molecule has 0 amide bonds. The molecule has 282 valence electrons. The van der Waals surface area contributed by atoms with Crippen molar-refractivity contribution in [1.82, 2.24) is 0 Å². The summed E-state index contributed by atoms with van der Waals surface area (Å²) in [5, 5.41) is 10.9. The molecule has 1 N–H and O–H groups in total. The predicted molar refractivity (Wildman–Crippen MR) is 206 cm³/mol. The molecule has 0 spiro atoms. The highest BCUT2D eigenvalue weighted by Crippen LogP contribution is 2.77. The van der Waals surface area contributed by atoms with Gasteiger partial charge in [0.25, 0.3) is 0 Å². The molecule has 5 aliphatic carbocycles. The smallest absolute Gasteiger partial charge is 0.306 e. The van der Waals surface area contributed by atoms with Crippen molar-refractivity contribution in [2.24, 2.45) is 56.7 Å². The van der Waals surface area contributed by atoms with E-state index in [1.165, 1.54) is 121 Å². The van der Waals surface area contributed by atoms with Crippen molar-refractivity contribution >= 4 is 5.97 Å². The minimum atomic E-state index is 0.00593. The molecule has 0 heterocycles. The summed E-state index contributed by atoms with van der Waals surface area (Å²) in [5.41, 5.74) is 2.45. The molecular weight excluding hydrogens is 601 g/mol. The topological polar surface area (TPSA) is 46.5 Å². The van der Waals surface area contributed by atoms with Gasteiger partial charge in [-0.25, -0.2) is 0 Å². The van der Waals surface area contributed by atoms with Gasteiger partial charge in [-0.05, 0) is 122 Å². The first-order valence-electron chi connectivity index (χ1n) is 21.8. The number of rotatable bonds is 16. The highest BCUT2D eigenvalue weighted by Gasteiger charge is 2.70. The Bertz CT molecular complexity index is 1110. The maximum absolute atomic E-state index is 13.2. The van der Waals surface area contributed by atoms with Gasteiger partial charge in [-0.15, -0.1) is 0 Å². The molecule has 0 aromatic rings. The Labute approximate surface area is 304 Å². The lowest BCUT2D eigenvalue weighted by Gasteiger charge is -2.74. The van der Waals surface area contributed by atoms with Crippen LogP contribution < -0.4 is 0 Å². The zero-order valence-corrected chi connectivity index (χ0v) is 33.6. The van der Waals surface area contributed by atoms with Gasteiger partial charge in [0.1, 0.15) is 6.10 Å². The maximum Gasteiger partial charge on any atom is 0.306 e. The van der Waals surface area contributed by atoms with Crippen molar-refractivity contribution in [3.05, 3.63) is 12.2 Å². The first-order chi connectivity index (χ1) is 23.3. The van der Waals surface area contributed by atoms with E-state index in [2.05, 4.69) is 55.0 Å². The molecule has 3 heteroatoms. The summed E-state index contributed by atoms with van der Waals surface area (Å²) in [6.45, 7) is 22.6. The molecule has 5 fully saturated rings. The number of esters is 1. The fraction of sp³-hybridized carbons (Fsp3) is 0.935. The van der Waals surface area contributed by atoms with Crippen LogP contribution in [0.2, 0.25) is 0 Å². The van der Waals surface area contributed by atoms with Gasteiger partial charge in [-0.3, -0.25) is 4.79 Å². The highest BCUT2D eigenvalue weighted by molar-refractivity contribution is 5.69. The van der Waals surface area contributed by atoms with Gasteiger partial charge in [0.2, 0.25) is 0 Å². The standard InChI is InChI=1S/C46H80O3/c1-9-10-11-12-13-14-15-16-17-18-19-20-21-22-40(48)49-39-27-28-43(6)37(42(39,4)5)26-29-45(8)38(43)24-23-36-41-35(3)34(2)25-30-46(41,33-47)32-31-44(36,45)7/h35-39,41,47H,2,9-33H2,1,3-8H3/t35-,36-,37-,38+,39-,41-,43-,44+,45+,46+/m0/s1. The van der Waals surface area contributed by atoms with E-state index < -0.39 is 0 Å². The molecule has 3 nitrogen and oxygen atoms in total. The van der Waals surface area contributed by atoms with Crippen molar-refractivity contribution in [3.63, 3.8) is 0 Å². The molecule has 0 aromatic heterocycles. The van der Waals surface area contributed by atoms with E-state index in [1.807, 2.05) is 0 Å². The Hall–Kier alpha value is -0.830. The van der Waals surface area contributed by atoms with Gasteiger partial charge in [0, 0.05) is 18.4 Å². The number of aliphatic hydroxyl groups is 1. The monoisotopic (exact) mass is 681 g/mol. The zero-order chi connectivity index (χ0) is 35.5. The van der Waals surface area contributed by atoms with E-state index in [0.29, 0.717) is 53.4 Å². The van der Waals surface area contributed by atoms with E-state index in [0.717, 1.165) is 32.1 Å². The van der Waals surface area contributed by atoms with Crippen LogP contribution in [0, 0.1) is 56.7 Å². The van der Waals surface area contributed by atoms with Crippen molar-refractivity contribution in [1.29, 1.82) is 0 Å². The molecule has 49 heavy (non-hydrogen) atoms. The second-order valence-corrected chi connectivity index (χ2v) is 20.0. The average Bonchev–Trinajstić information content (AvgIpc) is 3.06. The van der Waals surface area contributed by atoms with Crippen molar-refractivity contribution in [2.75, 3.05) is 6.61 Å². The van der Waals surface area contributed by atoms with Crippen LogP contribution in [0.25, 0.3) is 0 Å². The van der Waals surface area contributed by atoms with E-state index in [4.69, 9.17) is 4.74 Å².